The van der Waals surface area contributed by atoms with Gasteiger partial charge in [0.2, 0.25) is 5.91 Å². The predicted molar refractivity (Wildman–Crippen MR) is 158 cm³/mol. The minimum atomic E-state index is -0.226. The second-order valence-electron chi connectivity index (χ2n) is 8.46. The Kier molecular flexibility index (Phi) is 9.23. The van der Waals surface area contributed by atoms with E-state index >= 15 is 0 Å². The molecule has 0 saturated heterocycles. The first-order valence-electron chi connectivity index (χ1n) is 12.3. The fourth-order valence-corrected chi connectivity index (χ4v) is 5.65. The van der Waals surface area contributed by atoms with Gasteiger partial charge in [-0.05, 0) is 35.7 Å². The summed E-state index contributed by atoms with van der Waals surface area (Å²) in [5.74, 6) is 1.38. The molecule has 0 atom stereocenters. The summed E-state index contributed by atoms with van der Waals surface area (Å²) < 4.78 is 10.6. The summed E-state index contributed by atoms with van der Waals surface area (Å²) in [7, 11) is 3.14. The molecule has 2 aromatic heterocycles. The maximum absolute atomic E-state index is 12.7. The summed E-state index contributed by atoms with van der Waals surface area (Å²) >= 11 is 2.56. The average molecular weight is 571 g/mol. The first kappa shape index (κ1) is 28.4. The molecule has 3 N–H and O–H groups in total. The van der Waals surface area contributed by atoms with Gasteiger partial charge < -0.3 is 20.5 Å². The number of carbonyl (C=O) groups is 1. The number of rotatable bonds is 10. The highest BCUT2D eigenvalue weighted by Crippen LogP contribution is 2.36. The van der Waals surface area contributed by atoms with Gasteiger partial charge in [-0.2, -0.15) is 10.5 Å². The molecule has 1 amide bonds. The fraction of sp³-hybridized carbons (Fsp3) is 0.207. The topological polar surface area (TPSA) is 147 Å². The summed E-state index contributed by atoms with van der Waals surface area (Å²) in [6, 6.07) is 17.4. The molecule has 0 bridgehead atoms. The van der Waals surface area contributed by atoms with E-state index in [1.54, 1.807) is 20.3 Å². The molecule has 0 fully saturated rings. The second-order valence-corrected chi connectivity index (χ2v) is 10.4. The zero-order valence-electron chi connectivity index (χ0n) is 22.1. The van der Waals surface area contributed by atoms with E-state index in [2.05, 4.69) is 34.3 Å². The third kappa shape index (κ3) is 6.18. The fourth-order valence-electron chi connectivity index (χ4n) is 3.98. The molecule has 0 unspecified atom stereocenters. The number of nitrogens with one attached hydrogen (secondary N) is 1. The summed E-state index contributed by atoms with van der Waals surface area (Å²) in [4.78, 5) is 21.5. The molecule has 0 saturated carbocycles. The number of nitriles is 2. The summed E-state index contributed by atoms with van der Waals surface area (Å²) in [5.41, 5.74) is 10.4. The Morgan fingerprint density at radius 1 is 1.02 bits per heavy atom. The number of aryl methyl sites for hydroxylation is 1. The van der Waals surface area contributed by atoms with Gasteiger partial charge in [0.05, 0.1) is 25.5 Å². The van der Waals surface area contributed by atoms with Crippen LogP contribution in [0.3, 0.4) is 0 Å². The number of hydrogen-bond acceptors (Lipinski definition) is 10. The van der Waals surface area contributed by atoms with Crippen LogP contribution in [-0.4, -0.2) is 35.8 Å². The molecular weight excluding hydrogens is 544 g/mol. The molecule has 40 heavy (non-hydrogen) atoms. The molecule has 2 aromatic carbocycles. The van der Waals surface area contributed by atoms with Crippen LogP contribution in [0.25, 0.3) is 22.4 Å². The Hall–Kier alpha value is -4.58. The van der Waals surface area contributed by atoms with Gasteiger partial charge in [0, 0.05) is 28.7 Å². The lowest BCUT2D eigenvalue weighted by molar-refractivity contribution is -0.115. The zero-order chi connectivity index (χ0) is 28.6. The predicted octanol–water partition coefficient (Wildman–Crippen LogP) is 5.90. The number of methoxy groups -OCH3 is 2. The average Bonchev–Trinajstić information content (AvgIpc) is 3.44. The molecule has 0 aliphatic heterocycles. The van der Waals surface area contributed by atoms with Crippen LogP contribution in [0.15, 0.2) is 52.9 Å². The van der Waals surface area contributed by atoms with Gasteiger partial charge in [-0.3, -0.25) is 4.79 Å². The number of nitrogen functional groups attached to an aromatic ring is 1. The third-order valence-corrected chi connectivity index (χ3v) is 7.80. The number of nitrogens with zero attached hydrogens (tertiary/aromatic N) is 4. The molecule has 0 radical (unpaired) electrons. The first-order chi connectivity index (χ1) is 19.4. The van der Waals surface area contributed by atoms with Crippen molar-refractivity contribution in [2.75, 3.05) is 31.0 Å². The van der Waals surface area contributed by atoms with Crippen LogP contribution in [0.2, 0.25) is 0 Å². The minimum absolute atomic E-state index is 0.0495. The maximum atomic E-state index is 12.7. The van der Waals surface area contributed by atoms with Gasteiger partial charge in [0.1, 0.15) is 28.5 Å². The highest BCUT2D eigenvalue weighted by atomic mass is 32.2. The molecular formula is C29H26N6O3S2. The number of thioether (sulfide) groups is 1. The number of amides is 1. The van der Waals surface area contributed by atoms with Gasteiger partial charge in [0.25, 0.3) is 0 Å². The lowest BCUT2D eigenvalue weighted by Gasteiger charge is -2.13. The normalized spacial score (nSPS) is 10.4. The molecule has 0 spiro atoms. The van der Waals surface area contributed by atoms with Crippen molar-refractivity contribution in [1.82, 2.24) is 9.97 Å². The smallest absolute Gasteiger partial charge is 0.226 e. The van der Waals surface area contributed by atoms with Crippen LogP contribution in [-0.2, 0) is 11.2 Å². The van der Waals surface area contributed by atoms with E-state index < -0.39 is 0 Å². The van der Waals surface area contributed by atoms with Crippen LogP contribution in [0.1, 0.15) is 30.0 Å². The Morgan fingerprint density at radius 2 is 1.73 bits per heavy atom. The summed E-state index contributed by atoms with van der Waals surface area (Å²) in [6.07, 6.45) is 1.03. The second kappa shape index (κ2) is 13.0. The number of benzene rings is 2. The van der Waals surface area contributed by atoms with Crippen LogP contribution in [0, 0.1) is 22.7 Å². The number of thiazole rings is 1. The molecule has 202 valence electrons. The highest BCUT2D eigenvalue weighted by Gasteiger charge is 2.21. The van der Waals surface area contributed by atoms with Gasteiger partial charge >= 0.3 is 0 Å². The summed E-state index contributed by atoms with van der Waals surface area (Å²) in [5, 5.41) is 25.2. The quantitative estimate of drug-likeness (QED) is 0.222. The van der Waals surface area contributed by atoms with Crippen molar-refractivity contribution in [3.63, 3.8) is 0 Å². The van der Waals surface area contributed by atoms with E-state index in [1.807, 2.05) is 41.8 Å². The van der Waals surface area contributed by atoms with Gasteiger partial charge in [0.15, 0.2) is 16.6 Å². The first-order valence-corrected chi connectivity index (χ1v) is 14.1. The summed E-state index contributed by atoms with van der Waals surface area (Å²) in [6.45, 7) is 2.05. The molecule has 4 rings (SSSR count). The Labute approximate surface area is 240 Å². The Morgan fingerprint density at radius 3 is 2.38 bits per heavy atom. The molecule has 0 aliphatic rings. The molecule has 11 heteroatoms. The number of ether oxygens (including phenoxy) is 2. The van der Waals surface area contributed by atoms with E-state index in [0.29, 0.717) is 44.2 Å². The minimum Gasteiger partial charge on any atom is -0.493 e. The number of aromatic nitrogens is 2. The number of anilines is 2. The number of nitrogens with two attached hydrogens (primary N) is 1. The molecule has 4 aromatic rings. The van der Waals surface area contributed by atoms with Crippen LogP contribution >= 0.6 is 23.1 Å². The van der Waals surface area contributed by atoms with Crippen molar-refractivity contribution in [3.8, 4) is 46.0 Å². The van der Waals surface area contributed by atoms with E-state index in [4.69, 9.17) is 15.2 Å². The van der Waals surface area contributed by atoms with Crippen LogP contribution in [0.5, 0.6) is 11.5 Å². The van der Waals surface area contributed by atoms with Gasteiger partial charge in [-0.25, -0.2) is 9.97 Å². The number of carbonyl (C=O) groups excluding carboxylic acids is 1. The van der Waals surface area contributed by atoms with Crippen molar-refractivity contribution in [1.29, 1.82) is 10.5 Å². The number of hydrogen-bond donors (Lipinski definition) is 2. The molecule has 2 heterocycles. The van der Waals surface area contributed by atoms with Crippen molar-refractivity contribution in [2.45, 2.75) is 24.8 Å². The number of pyridine rings is 1. The third-order valence-electron chi connectivity index (χ3n) is 6.06. The monoisotopic (exact) mass is 570 g/mol. The largest absolute Gasteiger partial charge is 0.493 e. The van der Waals surface area contributed by atoms with E-state index in [1.165, 1.54) is 23.1 Å². The van der Waals surface area contributed by atoms with Gasteiger partial charge in [-0.1, -0.05) is 31.2 Å². The lowest BCUT2D eigenvalue weighted by Crippen LogP contribution is -2.12. The van der Waals surface area contributed by atoms with E-state index in [9.17, 15) is 15.3 Å². The Bertz CT molecular complexity index is 1620. The SMILES string of the molecule is CCc1ccc(-c2c(C#N)c(N)nc(SCCC(=O)Nc3nc(-c4ccc(OC)c(OC)c4)cs3)c2C#N)cc1. The van der Waals surface area contributed by atoms with Crippen LogP contribution < -0.4 is 20.5 Å². The van der Waals surface area contributed by atoms with Crippen molar-refractivity contribution >= 4 is 40.0 Å². The standard InChI is InChI=1S/C29H26N6O3S2/c1-4-17-5-7-18(8-6-17)26-20(14-30)27(32)35-28(21(26)15-31)39-12-11-25(36)34-29-33-22(16-40-29)19-9-10-23(37-2)24(13-19)38-3/h5-10,13,16H,4,11-12H2,1-3H3,(H2,32,35)(H,33,34,36). The zero-order valence-corrected chi connectivity index (χ0v) is 23.8. The lowest BCUT2D eigenvalue weighted by atomic mass is 9.96. The van der Waals surface area contributed by atoms with Crippen molar-refractivity contribution in [3.05, 3.63) is 64.5 Å². The molecule has 0 aliphatic carbocycles. The van der Waals surface area contributed by atoms with Crippen molar-refractivity contribution in [2.24, 2.45) is 0 Å². The van der Waals surface area contributed by atoms with Crippen LogP contribution in [0.4, 0.5) is 10.9 Å². The molecule has 9 nitrogen and oxygen atoms in total. The van der Waals surface area contributed by atoms with E-state index in [0.717, 1.165) is 17.5 Å². The highest BCUT2D eigenvalue weighted by molar-refractivity contribution is 7.99. The Balaban J connectivity index is 1.45. The van der Waals surface area contributed by atoms with Crippen molar-refractivity contribution < 1.29 is 14.3 Å². The van der Waals surface area contributed by atoms with Gasteiger partial charge in [-0.15, -0.1) is 23.1 Å². The van der Waals surface area contributed by atoms with E-state index in [-0.39, 0.29) is 29.3 Å². The maximum Gasteiger partial charge on any atom is 0.226 e.